The first kappa shape index (κ1) is 17.9. The predicted molar refractivity (Wildman–Crippen MR) is 97.2 cm³/mol. The van der Waals surface area contributed by atoms with Crippen molar-refractivity contribution in [2.75, 3.05) is 6.61 Å². The molecule has 6 nitrogen and oxygen atoms in total. The minimum Gasteiger partial charge on any atom is -0.493 e. The van der Waals surface area contributed by atoms with E-state index in [0.29, 0.717) is 18.6 Å². The first-order valence-corrected chi connectivity index (χ1v) is 8.69. The fourth-order valence-corrected chi connectivity index (χ4v) is 3.02. The van der Waals surface area contributed by atoms with Gasteiger partial charge in [-0.3, -0.25) is 9.78 Å². The second-order valence-corrected chi connectivity index (χ2v) is 6.88. The van der Waals surface area contributed by atoms with Crippen molar-refractivity contribution in [1.82, 2.24) is 10.3 Å². The van der Waals surface area contributed by atoms with Crippen molar-refractivity contribution in [3.8, 4) is 16.9 Å². The number of hydrogen-bond donors (Lipinski definition) is 2. The number of aromatic nitrogens is 1. The van der Waals surface area contributed by atoms with E-state index >= 15 is 0 Å². The third-order valence-corrected chi connectivity index (χ3v) is 4.33. The molecule has 0 radical (unpaired) electrons. The summed E-state index contributed by atoms with van der Waals surface area (Å²) in [5, 5.41) is 11.9. The van der Waals surface area contributed by atoms with Crippen molar-refractivity contribution in [2.24, 2.45) is 5.92 Å². The topological polar surface area (TPSA) is 88.5 Å². The third-order valence-electron chi connectivity index (χ3n) is 4.33. The Kier molecular flexibility index (Phi) is 5.21. The summed E-state index contributed by atoms with van der Waals surface area (Å²) in [4.78, 5) is 28.0. The number of carboxylic acids is 1. The highest BCUT2D eigenvalue weighted by Crippen LogP contribution is 2.30. The van der Waals surface area contributed by atoms with Crippen LogP contribution in [0.25, 0.3) is 11.1 Å². The molecule has 3 rings (SSSR count). The van der Waals surface area contributed by atoms with Crippen LogP contribution in [-0.4, -0.2) is 34.6 Å². The second-order valence-electron chi connectivity index (χ2n) is 6.88. The summed E-state index contributed by atoms with van der Waals surface area (Å²) < 4.78 is 5.51. The molecule has 1 aliphatic heterocycles. The molecule has 1 atom stereocenters. The van der Waals surface area contributed by atoms with E-state index in [2.05, 4.69) is 10.3 Å². The fourth-order valence-electron chi connectivity index (χ4n) is 3.02. The summed E-state index contributed by atoms with van der Waals surface area (Å²) >= 11 is 0. The lowest BCUT2D eigenvalue weighted by atomic mass is 10.0. The maximum atomic E-state index is 12.5. The Morgan fingerprint density at radius 3 is 2.77 bits per heavy atom. The molecule has 26 heavy (non-hydrogen) atoms. The summed E-state index contributed by atoms with van der Waals surface area (Å²) in [5.74, 6) is -0.408. The Morgan fingerprint density at radius 1 is 1.23 bits per heavy atom. The zero-order valence-corrected chi connectivity index (χ0v) is 14.9. The Bertz CT molecular complexity index is 832. The maximum Gasteiger partial charge on any atom is 0.326 e. The number of carbonyl (C=O) groups excluding carboxylic acids is 1. The predicted octanol–water partition coefficient (Wildman–Crippen LogP) is 2.91. The number of ether oxygens (including phenoxy) is 1. The van der Waals surface area contributed by atoms with Gasteiger partial charge < -0.3 is 15.2 Å². The SMILES string of the molecule is CC(C)C[C@@H](NC(=O)c1cncc(-c2ccc3c(c2)CCO3)c1)C(=O)O. The monoisotopic (exact) mass is 354 g/mol. The molecular weight excluding hydrogens is 332 g/mol. The highest BCUT2D eigenvalue weighted by Gasteiger charge is 2.22. The van der Waals surface area contributed by atoms with E-state index in [9.17, 15) is 14.7 Å². The lowest BCUT2D eigenvalue weighted by Gasteiger charge is -2.16. The number of pyridine rings is 1. The zero-order valence-electron chi connectivity index (χ0n) is 14.9. The Labute approximate surface area is 152 Å². The number of nitrogens with one attached hydrogen (secondary N) is 1. The highest BCUT2D eigenvalue weighted by molar-refractivity contribution is 5.97. The molecule has 1 aromatic heterocycles. The van der Waals surface area contributed by atoms with Crippen molar-refractivity contribution in [2.45, 2.75) is 32.7 Å². The van der Waals surface area contributed by atoms with Crippen LogP contribution in [-0.2, 0) is 11.2 Å². The van der Waals surface area contributed by atoms with E-state index in [4.69, 9.17) is 4.74 Å². The summed E-state index contributed by atoms with van der Waals surface area (Å²) in [7, 11) is 0. The van der Waals surface area contributed by atoms with Crippen molar-refractivity contribution >= 4 is 11.9 Å². The second kappa shape index (κ2) is 7.56. The molecule has 1 amide bonds. The summed E-state index contributed by atoms with van der Waals surface area (Å²) in [6.45, 7) is 4.52. The number of fused-ring (bicyclic) bond motifs is 1. The number of carbonyl (C=O) groups is 2. The lowest BCUT2D eigenvalue weighted by Crippen LogP contribution is -2.41. The minimum absolute atomic E-state index is 0.162. The van der Waals surface area contributed by atoms with Gasteiger partial charge in [0.1, 0.15) is 11.8 Å². The summed E-state index contributed by atoms with van der Waals surface area (Å²) in [5.41, 5.74) is 3.24. The number of hydrogen-bond acceptors (Lipinski definition) is 4. The number of carboxylic acid groups (broad SMARTS) is 1. The Morgan fingerprint density at radius 2 is 2.04 bits per heavy atom. The summed E-state index contributed by atoms with van der Waals surface area (Å²) in [6, 6.07) is 6.71. The van der Waals surface area contributed by atoms with E-state index in [1.54, 1.807) is 12.3 Å². The minimum atomic E-state index is -1.03. The van der Waals surface area contributed by atoms with Crippen LogP contribution < -0.4 is 10.1 Å². The van der Waals surface area contributed by atoms with Gasteiger partial charge in [-0.1, -0.05) is 19.9 Å². The smallest absolute Gasteiger partial charge is 0.326 e. The number of rotatable bonds is 6. The molecule has 136 valence electrons. The van der Waals surface area contributed by atoms with Crippen LogP contribution in [0.5, 0.6) is 5.75 Å². The van der Waals surface area contributed by atoms with Crippen LogP contribution >= 0.6 is 0 Å². The molecule has 6 heteroatoms. The molecule has 0 unspecified atom stereocenters. The van der Waals surface area contributed by atoms with E-state index < -0.39 is 17.9 Å². The molecule has 0 saturated heterocycles. The van der Waals surface area contributed by atoms with Crippen LogP contribution in [0.2, 0.25) is 0 Å². The fraction of sp³-hybridized carbons (Fsp3) is 0.350. The van der Waals surface area contributed by atoms with Gasteiger partial charge in [-0.05, 0) is 41.7 Å². The molecular formula is C20H22N2O4. The standard InChI is InChI=1S/C20H22N2O4/c1-12(2)7-17(20(24)25)22-19(23)16-9-15(10-21-11-16)13-3-4-18-14(8-13)5-6-26-18/h3-4,8-12,17H,5-7H2,1-2H3,(H,22,23)(H,24,25)/t17-/m1/s1. The Hall–Kier alpha value is -2.89. The van der Waals surface area contributed by atoms with Crippen molar-refractivity contribution in [3.05, 3.63) is 47.8 Å². The van der Waals surface area contributed by atoms with Gasteiger partial charge in [0.15, 0.2) is 0 Å². The zero-order chi connectivity index (χ0) is 18.7. The Balaban J connectivity index is 1.80. The molecule has 1 aromatic carbocycles. The van der Waals surface area contributed by atoms with Gasteiger partial charge in [0.25, 0.3) is 5.91 Å². The average Bonchev–Trinajstić information content (AvgIpc) is 3.08. The number of nitrogens with zero attached hydrogens (tertiary/aromatic N) is 1. The molecule has 0 saturated carbocycles. The average molecular weight is 354 g/mol. The first-order chi connectivity index (χ1) is 12.4. The van der Waals surface area contributed by atoms with Gasteiger partial charge in [0.05, 0.1) is 12.2 Å². The van der Waals surface area contributed by atoms with Crippen LogP contribution in [0, 0.1) is 5.92 Å². The molecule has 0 fully saturated rings. The molecule has 2 N–H and O–H groups in total. The van der Waals surface area contributed by atoms with Gasteiger partial charge in [-0.15, -0.1) is 0 Å². The van der Waals surface area contributed by atoms with Crippen LogP contribution in [0.3, 0.4) is 0 Å². The van der Waals surface area contributed by atoms with Crippen molar-refractivity contribution in [3.63, 3.8) is 0 Å². The lowest BCUT2D eigenvalue weighted by molar-refractivity contribution is -0.139. The van der Waals surface area contributed by atoms with Gasteiger partial charge in [-0.2, -0.15) is 0 Å². The molecule has 1 aliphatic rings. The number of amides is 1. The van der Waals surface area contributed by atoms with Crippen LogP contribution in [0.4, 0.5) is 0 Å². The van der Waals surface area contributed by atoms with Gasteiger partial charge in [0.2, 0.25) is 0 Å². The van der Waals surface area contributed by atoms with E-state index in [-0.39, 0.29) is 5.92 Å². The highest BCUT2D eigenvalue weighted by atomic mass is 16.5. The normalized spacial score (nSPS) is 13.8. The largest absolute Gasteiger partial charge is 0.493 e. The van der Waals surface area contributed by atoms with Crippen molar-refractivity contribution in [1.29, 1.82) is 0 Å². The summed E-state index contributed by atoms with van der Waals surface area (Å²) in [6.07, 6.45) is 4.38. The van der Waals surface area contributed by atoms with Crippen LogP contribution in [0.15, 0.2) is 36.7 Å². The van der Waals surface area contributed by atoms with E-state index in [1.807, 2.05) is 32.0 Å². The molecule has 2 aromatic rings. The molecule has 0 bridgehead atoms. The van der Waals surface area contributed by atoms with E-state index in [1.165, 1.54) is 6.20 Å². The molecule has 0 spiro atoms. The van der Waals surface area contributed by atoms with Crippen molar-refractivity contribution < 1.29 is 19.4 Å². The molecule has 0 aliphatic carbocycles. The van der Waals surface area contributed by atoms with E-state index in [0.717, 1.165) is 28.9 Å². The third kappa shape index (κ3) is 4.02. The molecule has 2 heterocycles. The van der Waals surface area contributed by atoms with Crippen LogP contribution in [0.1, 0.15) is 36.2 Å². The van der Waals surface area contributed by atoms with Gasteiger partial charge in [-0.25, -0.2) is 4.79 Å². The maximum absolute atomic E-state index is 12.5. The van der Waals surface area contributed by atoms with Gasteiger partial charge in [0, 0.05) is 24.4 Å². The number of benzene rings is 1. The quantitative estimate of drug-likeness (QED) is 0.833. The first-order valence-electron chi connectivity index (χ1n) is 8.69. The number of aliphatic carboxylic acids is 1. The van der Waals surface area contributed by atoms with Gasteiger partial charge >= 0.3 is 5.97 Å².